The zero-order chi connectivity index (χ0) is 15.8. The van der Waals surface area contributed by atoms with Crippen LogP contribution in [-0.4, -0.2) is 33.0 Å². The Balaban J connectivity index is 5.48. The highest BCUT2D eigenvalue weighted by molar-refractivity contribution is 7.90. The molecule has 0 amide bonds. The first-order chi connectivity index (χ1) is 9.35. The van der Waals surface area contributed by atoms with Gasteiger partial charge >= 0.3 is 18.8 Å². The molecule has 20 heavy (non-hydrogen) atoms. The average Bonchev–Trinajstić information content (AvgIpc) is 2.45. The maximum Gasteiger partial charge on any atom is 0.404 e. The number of carbonyl (C=O) groups is 2. The summed E-state index contributed by atoms with van der Waals surface area (Å²) in [6.45, 7) is 8.98. The van der Waals surface area contributed by atoms with Crippen LogP contribution in [0.2, 0.25) is 18.1 Å². The fraction of sp³-hybridized carbons (Fsp3) is 0.833. The summed E-state index contributed by atoms with van der Waals surface area (Å²) in [7, 11) is -6.67. The van der Waals surface area contributed by atoms with Crippen molar-refractivity contribution in [3.63, 3.8) is 0 Å². The van der Waals surface area contributed by atoms with Crippen LogP contribution in [0.4, 0.5) is 9.59 Å². The zero-order valence-electron chi connectivity index (χ0n) is 12.9. The van der Waals surface area contributed by atoms with Gasteiger partial charge in [-0.25, -0.2) is 9.59 Å². The molecule has 6 nitrogen and oxygen atoms in total. The summed E-state index contributed by atoms with van der Waals surface area (Å²) >= 11 is 0. The molecule has 118 valence electrons. The highest BCUT2D eigenvalue weighted by atomic mass is 31.2. The van der Waals surface area contributed by atoms with Crippen molar-refractivity contribution in [3.8, 4) is 0 Å². The minimum atomic E-state index is -4.27. The van der Waals surface area contributed by atoms with E-state index in [0.29, 0.717) is 18.1 Å². The summed E-state index contributed by atoms with van der Waals surface area (Å²) in [4.78, 5) is 23.8. The second-order valence-corrected chi connectivity index (χ2v) is 11.3. The molecule has 0 aromatic rings. The van der Waals surface area contributed by atoms with Gasteiger partial charge in [-0.1, -0.05) is 20.8 Å². The molecule has 0 aliphatic heterocycles. The molecule has 0 unspecified atom stereocenters. The van der Waals surface area contributed by atoms with E-state index in [-0.39, 0.29) is 13.2 Å². The highest BCUT2D eigenvalue weighted by Gasteiger charge is 2.50. The van der Waals surface area contributed by atoms with E-state index in [0.717, 1.165) is 0 Å². The van der Waals surface area contributed by atoms with Crippen molar-refractivity contribution in [3.05, 3.63) is 0 Å². The Labute approximate surface area is 121 Å². The topological polar surface area (TPSA) is 78.9 Å². The monoisotopic (exact) mass is 324 g/mol. The van der Waals surface area contributed by atoms with Crippen LogP contribution in [0.5, 0.6) is 0 Å². The Bertz CT molecular complexity index is 350. The number of rotatable bonds is 9. The molecular formula is C12H25O6PSi. The minimum Gasteiger partial charge on any atom is -0.458 e. The van der Waals surface area contributed by atoms with E-state index in [1.807, 2.05) is 20.8 Å². The lowest BCUT2D eigenvalue weighted by molar-refractivity contribution is 0.164. The quantitative estimate of drug-likeness (QED) is 0.455. The van der Waals surface area contributed by atoms with Crippen LogP contribution in [0, 0.1) is 0 Å². The summed E-state index contributed by atoms with van der Waals surface area (Å²) in [5.41, 5.74) is -2.21. The molecule has 0 fully saturated rings. The Morgan fingerprint density at radius 3 is 1.45 bits per heavy atom. The van der Waals surface area contributed by atoms with E-state index in [2.05, 4.69) is 0 Å². The summed E-state index contributed by atoms with van der Waals surface area (Å²) < 4.78 is 27.9. The van der Waals surface area contributed by atoms with Gasteiger partial charge in [0.15, 0.2) is 0 Å². The van der Waals surface area contributed by atoms with Gasteiger partial charge in [0.1, 0.15) is 0 Å². The maximum atomic E-state index is 12.7. The van der Waals surface area contributed by atoms with Crippen LogP contribution in [0.3, 0.4) is 0 Å². The third-order valence-electron chi connectivity index (χ3n) is 3.27. The predicted octanol–water partition coefficient (Wildman–Crippen LogP) is 4.60. The molecule has 0 N–H and O–H groups in total. The smallest absolute Gasteiger partial charge is 0.404 e. The molecule has 0 atom stereocenters. The molecule has 0 aliphatic rings. The lowest BCUT2D eigenvalue weighted by Crippen LogP contribution is -2.37. The van der Waals surface area contributed by atoms with Crippen LogP contribution >= 0.6 is 7.37 Å². The van der Waals surface area contributed by atoms with E-state index in [4.69, 9.17) is 13.7 Å². The van der Waals surface area contributed by atoms with E-state index in [1.54, 1.807) is 13.8 Å². The van der Waals surface area contributed by atoms with Crippen molar-refractivity contribution in [2.24, 2.45) is 0 Å². The molecule has 0 spiro atoms. The largest absolute Gasteiger partial charge is 0.458 e. The van der Waals surface area contributed by atoms with Crippen LogP contribution in [0.15, 0.2) is 0 Å². The molecule has 0 bridgehead atoms. The van der Waals surface area contributed by atoms with Crippen molar-refractivity contribution in [2.75, 3.05) is 13.2 Å². The van der Waals surface area contributed by atoms with Crippen molar-refractivity contribution < 1.29 is 27.8 Å². The average molecular weight is 324 g/mol. The molecule has 0 aromatic carbocycles. The van der Waals surface area contributed by atoms with Gasteiger partial charge in [0, 0.05) is 0 Å². The standard InChI is InChI=1S/C12H25O6PSi/c1-6-16-11(13)19(15,12(14)17-7-2)18-20(8-3,9-4)10-5/h6-10H2,1-5H3. The van der Waals surface area contributed by atoms with Crippen molar-refractivity contribution in [2.45, 2.75) is 52.8 Å². The fourth-order valence-electron chi connectivity index (χ4n) is 1.78. The third-order valence-corrected chi connectivity index (χ3v) is 10.9. The first-order valence-electron chi connectivity index (χ1n) is 7.01. The second-order valence-electron chi connectivity index (χ2n) is 4.28. The molecule has 0 radical (unpaired) electrons. The molecule has 0 saturated carbocycles. The van der Waals surface area contributed by atoms with Gasteiger partial charge in [0.05, 0.1) is 13.2 Å². The fourth-order valence-corrected chi connectivity index (χ4v) is 8.36. The zero-order valence-corrected chi connectivity index (χ0v) is 14.8. The van der Waals surface area contributed by atoms with E-state index in [1.165, 1.54) is 0 Å². The van der Waals surface area contributed by atoms with Crippen molar-refractivity contribution in [1.82, 2.24) is 0 Å². The lowest BCUT2D eigenvalue weighted by Gasteiger charge is -2.30. The summed E-state index contributed by atoms with van der Waals surface area (Å²) in [5.74, 6) is 0. The molecule has 0 heterocycles. The summed E-state index contributed by atoms with van der Waals surface area (Å²) in [6, 6.07) is 2.01. The molecule has 0 saturated heterocycles. The Morgan fingerprint density at radius 1 is 0.850 bits per heavy atom. The van der Waals surface area contributed by atoms with Crippen molar-refractivity contribution in [1.29, 1.82) is 0 Å². The van der Waals surface area contributed by atoms with Gasteiger partial charge in [0.2, 0.25) is 8.32 Å². The minimum absolute atomic E-state index is 0.0323. The van der Waals surface area contributed by atoms with Crippen LogP contribution in [0.25, 0.3) is 0 Å². The molecule has 0 aliphatic carbocycles. The van der Waals surface area contributed by atoms with Gasteiger partial charge < -0.3 is 13.7 Å². The predicted molar refractivity (Wildman–Crippen MR) is 79.9 cm³/mol. The molecular weight excluding hydrogens is 299 g/mol. The number of hydrogen-bond acceptors (Lipinski definition) is 6. The summed E-state index contributed by atoms with van der Waals surface area (Å²) in [5, 5.41) is 0. The molecule has 8 heteroatoms. The van der Waals surface area contributed by atoms with Gasteiger partial charge in [0.25, 0.3) is 0 Å². The Kier molecular flexibility index (Phi) is 8.31. The molecule has 0 aromatic heterocycles. The van der Waals surface area contributed by atoms with Gasteiger partial charge in [-0.15, -0.1) is 0 Å². The van der Waals surface area contributed by atoms with Gasteiger partial charge in [-0.2, -0.15) is 0 Å². The second kappa shape index (κ2) is 8.59. The van der Waals surface area contributed by atoms with E-state index in [9.17, 15) is 14.2 Å². The molecule has 0 rings (SSSR count). The normalized spacial score (nSPS) is 12.1. The third kappa shape index (κ3) is 4.43. The van der Waals surface area contributed by atoms with E-state index >= 15 is 0 Å². The van der Waals surface area contributed by atoms with Crippen LogP contribution in [0.1, 0.15) is 34.6 Å². The number of ether oxygens (including phenoxy) is 2. The number of hydrogen-bond donors (Lipinski definition) is 0. The summed E-state index contributed by atoms with van der Waals surface area (Å²) in [6.07, 6.45) is 0. The lowest BCUT2D eigenvalue weighted by atomic mass is 10.9. The number of carbonyl (C=O) groups excluding carboxylic acids is 2. The Morgan fingerprint density at radius 2 is 1.20 bits per heavy atom. The van der Waals surface area contributed by atoms with Gasteiger partial charge in [-0.05, 0) is 32.0 Å². The highest BCUT2D eigenvalue weighted by Crippen LogP contribution is 2.54. The maximum absolute atomic E-state index is 12.7. The first kappa shape index (κ1) is 19.3. The van der Waals surface area contributed by atoms with Gasteiger partial charge in [-0.3, -0.25) is 4.57 Å². The van der Waals surface area contributed by atoms with Crippen LogP contribution in [-0.2, 0) is 18.3 Å². The van der Waals surface area contributed by atoms with E-state index < -0.39 is 27.1 Å². The van der Waals surface area contributed by atoms with Crippen molar-refractivity contribution >= 4 is 27.1 Å². The Hall–Kier alpha value is -0.653. The first-order valence-corrected chi connectivity index (χ1v) is 11.2. The van der Waals surface area contributed by atoms with Crippen LogP contribution < -0.4 is 0 Å². The SMILES string of the molecule is CCOC(=O)P(=O)(O[Si](CC)(CC)CC)C(=O)OCC.